The Balaban J connectivity index is 1.43. The fraction of sp³-hybridized carbons (Fsp3) is 0.600. The second kappa shape index (κ2) is 7.82. The van der Waals surface area contributed by atoms with Gasteiger partial charge in [0.15, 0.2) is 6.10 Å². The molecule has 0 aromatic heterocycles. The molecular weight excluding hydrogens is 300 g/mol. The second-order valence-corrected chi connectivity index (χ2v) is 7.30. The molecule has 24 heavy (non-hydrogen) atoms. The Bertz CT molecular complexity index is 588. The molecule has 1 saturated carbocycles. The molecule has 3 rings (SSSR count). The van der Waals surface area contributed by atoms with Crippen molar-refractivity contribution in [3.63, 3.8) is 0 Å². The lowest BCUT2D eigenvalue weighted by Crippen LogP contribution is -2.34. The lowest BCUT2D eigenvalue weighted by molar-refractivity contribution is -0.131. The first kappa shape index (κ1) is 17.0. The molecule has 1 aromatic rings. The monoisotopic (exact) mass is 328 g/mol. The van der Waals surface area contributed by atoms with Crippen LogP contribution in [0.5, 0.6) is 0 Å². The van der Waals surface area contributed by atoms with Gasteiger partial charge in [-0.15, -0.1) is 0 Å². The standard InChI is InChI=1S/C20H28N2O2/c1-15-7-10-17(11-8-15)19-13-18(24-21-19)14-22(2)20(23)12-9-16-5-3-4-6-16/h7-8,10-11,16,18H,3-6,9,12-14H2,1-2H3. The molecule has 1 aliphatic heterocycles. The maximum Gasteiger partial charge on any atom is 0.222 e. The second-order valence-electron chi connectivity index (χ2n) is 7.30. The van der Waals surface area contributed by atoms with Gasteiger partial charge in [-0.25, -0.2) is 0 Å². The molecule has 1 unspecified atom stereocenters. The van der Waals surface area contributed by atoms with Crippen LogP contribution in [0, 0.1) is 12.8 Å². The summed E-state index contributed by atoms with van der Waals surface area (Å²) in [6, 6.07) is 8.33. The molecule has 0 N–H and O–H groups in total. The number of hydrogen-bond acceptors (Lipinski definition) is 3. The van der Waals surface area contributed by atoms with E-state index in [-0.39, 0.29) is 12.0 Å². The van der Waals surface area contributed by atoms with Crippen molar-refractivity contribution in [2.24, 2.45) is 11.1 Å². The lowest BCUT2D eigenvalue weighted by atomic mass is 10.0. The molecular formula is C20H28N2O2. The highest BCUT2D eigenvalue weighted by molar-refractivity contribution is 6.01. The van der Waals surface area contributed by atoms with E-state index in [1.807, 2.05) is 11.9 Å². The van der Waals surface area contributed by atoms with Crippen molar-refractivity contribution in [2.75, 3.05) is 13.6 Å². The highest BCUT2D eigenvalue weighted by Gasteiger charge is 2.25. The zero-order valence-electron chi connectivity index (χ0n) is 14.8. The average molecular weight is 328 g/mol. The minimum absolute atomic E-state index is 0.0262. The van der Waals surface area contributed by atoms with Crippen molar-refractivity contribution >= 4 is 11.6 Å². The van der Waals surface area contributed by atoms with Gasteiger partial charge in [0.05, 0.1) is 12.3 Å². The van der Waals surface area contributed by atoms with Gasteiger partial charge in [-0.05, 0) is 24.8 Å². The molecule has 4 heteroatoms. The zero-order chi connectivity index (χ0) is 16.9. The molecule has 0 spiro atoms. The number of nitrogens with zero attached hydrogens (tertiary/aromatic N) is 2. The molecule has 4 nitrogen and oxygen atoms in total. The van der Waals surface area contributed by atoms with Crippen LogP contribution in [0.4, 0.5) is 0 Å². The van der Waals surface area contributed by atoms with Crippen LogP contribution in [0.1, 0.15) is 56.1 Å². The summed E-state index contributed by atoms with van der Waals surface area (Å²) in [6.07, 6.45) is 7.73. The molecule has 1 aromatic carbocycles. The van der Waals surface area contributed by atoms with Gasteiger partial charge in [0, 0.05) is 19.9 Å². The Hall–Kier alpha value is -1.84. The largest absolute Gasteiger partial charge is 0.390 e. The first-order valence-corrected chi connectivity index (χ1v) is 9.15. The van der Waals surface area contributed by atoms with E-state index in [0.717, 1.165) is 30.0 Å². The van der Waals surface area contributed by atoms with Crippen molar-refractivity contribution in [1.82, 2.24) is 4.90 Å². The summed E-state index contributed by atoms with van der Waals surface area (Å²) in [6.45, 7) is 2.69. The summed E-state index contributed by atoms with van der Waals surface area (Å²) in [4.78, 5) is 19.7. The van der Waals surface area contributed by atoms with Crippen LogP contribution in [0.3, 0.4) is 0 Å². The van der Waals surface area contributed by atoms with Crippen molar-refractivity contribution in [1.29, 1.82) is 0 Å². The number of oxime groups is 1. The molecule has 1 fully saturated rings. The van der Waals surface area contributed by atoms with Gasteiger partial charge < -0.3 is 9.74 Å². The summed E-state index contributed by atoms with van der Waals surface area (Å²) in [5.74, 6) is 0.996. The summed E-state index contributed by atoms with van der Waals surface area (Å²) in [7, 11) is 1.88. The third-order valence-electron chi connectivity index (χ3n) is 5.26. The fourth-order valence-electron chi connectivity index (χ4n) is 3.67. The van der Waals surface area contributed by atoms with E-state index in [0.29, 0.717) is 13.0 Å². The molecule has 1 heterocycles. The van der Waals surface area contributed by atoms with E-state index in [1.54, 1.807) is 0 Å². The van der Waals surface area contributed by atoms with E-state index in [2.05, 4.69) is 36.3 Å². The van der Waals surface area contributed by atoms with Crippen molar-refractivity contribution in [2.45, 2.75) is 58.0 Å². The smallest absolute Gasteiger partial charge is 0.222 e. The molecule has 1 amide bonds. The number of amides is 1. The Morgan fingerprint density at radius 1 is 1.25 bits per heavy atom. The third kappa shape index (κ3) is 4.37. The van der Waals surface area contributed by atoms with Gasteiger partial charge in [-0.1, -0.05) is 60.7 Å². The molecule has 1 atom stereocenters. The Morgan fingerprint density at radius 3 is 2.67 bits per heavy atom. The molecule has 0 radical (unpaired) electrons. The van der Waals surface area contributed by atoms with E-state index < -0.39 is 0 Å². The Morgan fingerprint density at radius 2 is 1.96 bits per heavy atom. The van der Waals surface area contributed by atoms with Gasteiger partial charge >= 0.3 is 0 Å². The van der Waals surface area contributed by atoms with Crippen LogP contribution in [-0.2, 0) is 9.63 Å². The topological polar surface area (TPSA) is 41.9 Å². The number of benzene rings is 1. The number of likely N-dealkylation sites (N-methyl/N-ethyl adjacent to an activating group) is 1. The van der Waals surface area contributed by atoms with Gasteiger partial charge in [0.2, 0.25) is 5.91 Å². The quantitative estimate of drug-likeness (QED) is 0.794. The number of carbonyl (C=O) groups excluding carboxylic acids is 1. The van der Waals surface area contributed by atoms with Crippen LogP contribution in [0.15, 0.2) is 29.4 Å². The number of carbonyl (C=O) groups is 1. The minimum atomic E-state index is -0.0262. The van der Waals surface area contributed by atoms with Crippen LogP contribution >= 0.6 is 0 Å². The summed E-state index contributed by atoms with van der Waals surface area (Å²) >= 11 is 0. The first-order valence-electron chi connectivity index (χ1n) is 9.15. The summed E-state index contributed by atoms with van der Waals surface area (Å²) in [5.41, 5.74) is 3.33. The number of hydrogen-bond donors (Lipinski definition) is 0. The summed E-state index contributed by atoms with van der Waals surface area (Å²) in [5, 5.41) is 4.22. The first-order chi connectivity index (χ1) is 11.6. The lowest BCUT2D eigenvalue weighted by Gasteiger charge is -2.20. The number of rotatable bonds is 6. The predicted octanol–water partition coefficient (Wildman–Crippen LogP) is 3.92. The molecule has 130 valence electrons. The maximum atomic E-state index is 12.3. The predicted molar refractivity (Wildman–Crippen MR) is 96.0 cm³/mol. The normalized spacial score (nSPS) is 20.8. The van der Waals surface area contributed by atoms with Crippen LogP contribution in [0.25, 0.3) is 0 Å². The van der Waals surface area contributed by atoms with Crippen molar-refractivity contribution < 1.29 is 9.63 Å². The van der Waals surface area contributed by atoms with E-state index in [4.69, 9.17) is 4.84 Å². The van der Waals surface area contributed by atoms with Gasteiger partial charge in [0.25, 0.3) is 0 Å². The van der Waals surface area contributed by atoms with Crippen LogP contribution in [-0.4, -0.2) is 36.2 Å². The van der Waals surface area contributed by atoms with Gasteiger partial charge in [-0.2, -0.15) is 0 Å². The highest BCUT2D eigenvalue weighted by Crippen LogP contribution is 2.28. The van der Waals surface area contributed by atoms with E-state index in [9.17, 15) is 4.79 Å². The molecule has 0 saturated heterocycles. The Kier molecular flexibility index (Phi) is 5.54. The average Bonchev–Trinajstić information content (AvgIpc) is 3.25. The molecule has 0 bridgehead atoms. The van der Waals surface area contributed by atoms with Crippen LogP contribution < -0.4 is 0 Å². The van der Waals surface area contributed by atoms with Crippen molar-refractivity contribution in [3.05, 3.63) is 35.4 Å². The van der Waals surface area contributed by atoms with Crippen molar-refractivity contribution in [3.8, 4) is 0 Å². The van der Waals surface area contributed by atoms with E-state index >= 15 is 0 Å². The number of aryl methyl sites for hydroxylation is 1. The summed E-state index contributed by atoms with van der Waals surface area (Å²) < 4.78 is 0. The van der Waals surface area contributed by atoms with E-state index in [1.165, 1.54) is 31.2 Å². The van der Waals surface area contributed by atoms with Gasteiger partial charge in [0.1, 0.15) is 0 Å². The van der Waals surface area contributed by atoms with Crippen LogP contribution in [0.2, 0.25) is 0 Å². The van der Waals surface area contributed by atoms with Gasteiger partial charge in [-0.3, -0.25) is 4.79 Å². The highest BCUT2D eigenvalue weighted by atomic mass is 16.6. The molecule has 1 aliphatic carbocycles. The maximum absolute atomic E-state index is 12.3. The fourth-order valence-corrected chi connectivity index (χ4v) is 3.67. The SMILES string of the molecule is Cc1ccc(C2=NOC(CN(C)C(=O)CCC3CCCC3)C2)cc1. The molecule has 2 aliphatic rings. The minimum Gasteiger partial charge on any atom is -0.390 e. The zero-order valence-corrected chi connectivity index (χ0v) is 14.8. The third-order valence-corrected chi connectivity index (χ3v) is 5.26. The Labute approximate surface area is 144 Å².